The third kappa shape index (κ3) is 5.01. The average Bonchev–Trinajstić information content (AvgIpc) is 2.75. The number of pyridine rings is 1. The molecule has 0 fully saturated rings. The first-order valence-electron chi connectivity index (χ1n) is 8.44. The fraction of sp³-hybridized carbons (Fsp3) is 0.0476. The Balaban J connectivity index is 1.57. The number of nitrogens with zero attached hydrogens (tertiary/aromatic N) is 2. The average molecular weight is 374 g/mol. The van der Waals surface area contributed by atoms with E-state index in [1.54, 1.807) is 80.2 Å². The molecule has 2 N–H and O–H groups in total. The van der Waals surface area contributed by atoms with Gasteiger partial charge in [-0.3, -0.25) is 14.6 Å². The number of aromatic nitrogens is 1. The topological polar surface area (TPSA) is 92.7 Å². The second-order valence-corrected chi connectivity index (χ2v) is 5.74. The Labute approximate surface area is 162 Å². The van der Waals surface area contributed by atoms with E-state index >= 15 is 0 Å². The van der Waals surface area contributed by atoms with Gasteiger partial charge < -0.3 is 10.1 Å². The highest BCUT2D eigenvalue weighted by molar-refractivity contribution is 6.04. The van der Waals surface area contributed by atoms with Gasteiger partial charge in [-0.2, -0.15) is 5.10 Å². The van der Waals surface area contributed by atoms with Gasteiger partial charge in [-0.15, -0.1) is 0 Å². The number of hydrogen-bond donors (Lipinski definition) is 2. The molecule has 0 saturated heterocycles. The molecule has 3 rings (SSSR count). The molecule has 28 heavy (non-hydrogen) atoms. The van der Waals surface area contributed by atoms with Crippen molar-refractivity contribution in [3.63, 3.8) is 0 Å². The molecule has 0 radical (unpaired) electrons. The fourth-order valence-electron chi connectivity index (χ4n) is 2.33. The summed E-state index contributed by atoms with van der Waals surface area (Å²) in [6.45, 7) is 0. The van der Waals surface area contributed by atoms with E-state index in [0.717, 1.165) is 5.56 Å². The van der Waals surface area contributed by atoms with Gasteiger partial charge >= 0.3 is 0 Å². The molecule has 0 aliphatic carbocycles. The number of benzene rings is 2. The van der Waals surface area contributed by atoms with Crippen molar-refractivity contribution >= 4 is 23.7 Å². The molecule has 0 aliphatic rings. The van der Waals surface area contributed by atoms with Gasteiger partial charge in [-0.1, -0.05) is 0 Å². The first-order chi connectivity index (χ1) is 13.7. The quantitative estimate of drug-likeness (QED) is 0.512. The van der Waals surface area contributed by atoms with Gasteiger partial charge in [0.25, 0.3) is 11.8 Å². The van der Waals surface area contributed by atoms with Crippen LogP contribution in [0.15, 0.2) is 78.2 Å². The molecule has 1 heterocycles. The van der Waals surface area contributed by atoms with E-state index in [-0.39, 0.29) is 11.8 Å². The van der Waals surface area contributed by atoms with Crippen LogP contribution in [0.4, 0.5) is 5.69 Å². The molecule has 0 aliphatic heterocycles. The largest absolute Gasteiger partial charge is 0.497 e. The molecule has 2 aromatic carbocycles. The van der Waals surface area contributed by atoms with Gasteiger partial charge in [0.15, 0.2) is 0 Å². The summed E-state index contributed by atoms with van der Waals surface area (Å²) in [5, 5.41) is 6.69. The molecule has 3 aromatic rings. The molecule has 7 nitrogen and oxygen atoms in total. The lowest BCUT2D eigenvalue weighted by Gasteiger charge is -2.07. The number of carbonyl (C=O) groups excluding carboxylic acids is 2. The lowest BCUT2D eigenvalue weighted by Crippen LogP contribution is -2.17. The molecule has 0 bridgehead atoms. The maximum absolute atomic E-state index is 12.3. The standard InChI is InChI=1S/C21H18N4O3/c1-28-19-8-4-16(5-9-19)20(26)24-18-6-2-17(3-7-18)21(27)25-23-14-15-10-12-22-13-11-15/h2-14H,1H3,(H,24,26)(H,25,27)/b23-14+. The van der Waals surface area contributed by atoms with Gasteiger partial charge in [-0.05, 0) is 66.2 Å². The number of ether oxygens (including phenoxy) is 1. The highest BCUT2D eigenvalue weighted by Gasteiger charge is 2.08. The lowest BCUT2D eigenvalue weighted by molar-refractivity contribution is 0.0954. The van der Waals surface area contributed by atoms with E-state index in [0.29, 0.717) is 22.6 Å². The Morgan fingerprint density at radius 1 is 0.893 bits per heavy atom. The van der Waals surface area contributed by atoms with Crippen LogP contribution in [0.3, 0.4) is 0 Å². The molecule has 0 unspecified atom stereocenters. The summed E-state index contributed by atoms with van der Waals surface area (Å²) in [6.07, 6.45) is 4.81. The van der Waals surface area contributed by atoms with Crippen LogP contribution in [0.5, 0.6) is 5.75 Å². The highest BCUT2D eigenvalue weighted by atomic mass is 16.5. The smallest absolute Gasteiger partial charge is 0.271 e. The molecule has 7 heteroatoms. The van der Waals surface area contributed by atoms with Crippen molar-refractivity contribution in [2.75, 3.05) is 12.4 Å². The second-order valence-electron chi connectivity index (χ2n) is 5.74. The monoisotopic (exact) mass is 374 g/mol. The van der Waals surface area contributed by atoms with Crippen molar-refractivity contribution < 1.29 is 14.3 Å². The summed E-state index contributed by atoms with van der Waals surface area (Å²) < 4.78 is 5.07. The predicted molar refractivity (Wildman–Crippen MR) is 107 cm³/mol. The van der Waals surface area contributed by atoms with Crippen LogP contribution in [-0.4, -0.2) is 30.1 Å². The normalized spacial score (nSPS) is 10.5. The molecule has 140 valence electrons. The second kappa shape index (κ2) is 9.09. The van der Waals surface area contributed by atoms with E-state index in [1.807, 2.05) is 0 Å². The van der Waals surface area contributed by atoms with E-state index in [1.165, 1.54) is 6.21 Å². The maximum atomic E-state index is 12.3. The fourth-order valence-corrected chi connectivity index (χ4v) is 2.33. The van der Waals surface area contributed by atoms with E-state index in [9.17, 15) is 9.59 Å². The van der Waals surface area contributed by atoms with Crippen LogP contribution in [0.25, 0.3) is 0 Å². The van der Waals surface area contributed by atoms with Gasteiger partial charge in [0.1, 0.15) is 5.75 Å². The first-order valence-corrected chi connectivity index (χ1v) is 8.44. The van der Waals surface area contributed by atoms with Gasteiger partial charge in [-0.25, -0.2) is 5.43 Å². The van der Waals surface area contributed by atoms with Crippen molar-refractivity contribution in [1.82, 2.24) is 10.4 Å². The van der Waals surface area contributed by atoms with Crippen molar-refractivity contribution in [3.05, 3.63) is 89.7 Å². The maximum Gasteiger partial charge on any atom is 0.271 e. The number of rotatable bonds is 6. The Morgan fingerprint density at radius 2 is 1.50 bits per heavy atom. The van der Waals surface area contributed by atoms with Gasteiger partial charge in [0.05, 0.1) is 13.3 Å². The summed E-state index contributed by atoms with van der Waals surface area (Å²) in [4.78, 5) is 28.3. The van der Waals surface area contributed by atoms with Crippen molar-refractivity contribution in [3.8, 4) is 5.75 Å². The molecule has 2 amide bonds. The molecular formula is C21H18N4O3. The van der Waals surface area contributed by atoms with Crippen molar-refractivity contribution in [2.24, 2.45) is 5.10 Å². The van der Waals surface area contributed by atoms with Crippen LogP contribution >= 0.6 is 0 Å². The number of hydrazone groups is 1. The number of carbonyl (C=O) groups is 2. The molecule has 1 aromatic heterocycles. The Hall–Kier alpha value is -4.00. The van der Waals surface area contributed by atoms with Gasteiger partial charge in [0.2, 0.25) is 0 Å². The third-order valence-corrected chi connectivity index (χ3v) is 3.84. The van der Waals surface area contributed by atoms with E-state index in [2.05, 4.69) is 20.8 Å². The minimum atomic E-state index is -0.349. The van der Waals surface area contributed by atoms with Crippen LogP contribution < -0.4 is 15.5 Å². The number of methoxy groups -OCH3 is 1. The molecular weight excluding hydrogens is 356 g/mol. The predicted octanol–water partition coefficient (Wildman–Crippen LogP) is 3.11. The third-order valence-electron chi connectivity index (χ3n) is 3.84. The highest BCUT2D eigenvalue weighted by Crippen LogP contribution is 2.14. The lowest BCUT2D eigenvalue weighted by atomic mass is 10.1. The number of anilines is 1. The molecule has 0 saturated carbocycles. The Morgan fingerprint density at radius 3 is 2.14 bits per heavy atom. The van der Waals surface area contributed by atoms with Crippen molar-refractivity contribution in [2.45, 2.75) is 0 Å². The van der Waals surface area contributed by atoms with Crippen molar-refractivity contribution in [1.29, 1.82) is 0 Å². The van der Waals surface area contributed by atoms with Gasteiger partial charge in [0, 0.05) is 29.2 Å². The summed E-state index contributed by atoms with van der Waals surface area (Å²) in [6, 6.07) is 16.9. The Kier molecular flexibility index (Phi) is 6.10. The summed E-state index contributed by atoms with van der Waals surface area (Å²) in [5.74, 6) is 0.0821. The minimum absolute atomic E-state index is 0.248. The van der Waals surface area contributed by atoms with E-state index < -0.39 is 0 Å². The summed E-state index contributed by atoms with van der Waals surface area (Å²) >= 11 is 0. The summed E-state index contributed by atoms with van der Waals surface area (Å²) in [5.41, 5.74) is 4.79. The Bertz CT molecular complexity index is 969. The number of hydrogen-bond acceptors (Lipinski definition) is 5. The zero-order valence-corrected chi connectivity index (χ0v) is 15.1. The zero-order chi connectivity index (χ0) is 19.8. The minimum Gasteiger partial charge on any atom is -0.497 e. The van der Waals surface area contributed by atoms with Crippen LogP contribution in [-0.2, 0) is 0 Å². The van der Waals surface area contributed by atoms with Crippen LogP contribution in [0, 0.1) is 0 Å². The van der Waals surface area contributed by atoms with Crippen LogP contribution in [0.1, 0.15) is 26.3 Å². The first kappa shape index (κ1) is 18.8. The number of nitrogens with one attached hydrogen (secondary N) is 2. The SMILES string of the molecule is COc1ccc(C(=O)Nc2ccc(C(=O)N/N=C/c3ccncc3)cc2)cc1. The molecule has 0 spiro atoms. The zero-order valence-electron chi connectivity index (χ0n) is 15.1. The summed E-state index contributed by atoms with van der Waals surface area (Å²) in [7, 11) is 1.57. The number of amides is 2. The molecule has 0 atom stereocenters. The van der Waals surface area contributed by atoms with E-state index in [4.69, 9.17) is 4.74 Å². The van der Waals surface area contributed by atoms with Crippen LogP contribution in [0.2, 0.25) is 0 Å².